The molecule has 1 aromatic rings. The Labute approximate surface area is 154 Å². The second-order valence-corrected chi connectivity index (χ2v) is 7.76. The molecule has 0 aromatic carbocycles. The molecule has 7 nitrogen and oxygen atoms in total. The number of hydrogen-bond acceptors (Lipinski definition) is 5. The number of furan rings is 1. The predicted octanol–water partition coefficient (Wildman–Crippen LogP) is 2.31. The van der Waals surface area contributed by atoms with Gasteiger partial charge in [-0.05, 0) is 30.9 Å². The van der Waals surface area contributed by atoms with E-state index in [1.165, 1.54) is 4.90 Å². The number of likely N-dealkylation sites (tertiary alicyclic amines) is 1. The fraction of sp³-hybridized carbons (Fsp3) is 0.684. The van der Waals surface area contributed by atoms with Crippen molar-refractivity contribution in [2.75, 3.05) is 33.8 Å². The van der Waals surface area contributed by atoms with Gasteiger partial charge < -0.3 is 14.1 Å². The van der Waals surface area contributed by atoms with Gasteiger partial charge in [0.2, 0.25) is 0 Å². The Hall–Kier alpha value is -1.86. The first kappa shape index (κ1) is 18.9. The number of likely N-dealkylation sites (N-methyl/N-ethyl adjacent to an activating group) is 1. The van der Waals surface area contributed by atoms with Crippen LogP contribution in [0.3, 0.4) is 0 Å². The van der Waals surface area contributed by atoms with Gasteiger partial charge in [-0.1, -0.05) is 13.8 Å². The summed E-state index contributed by atoms with van der Waals surface area (Å²) < 4.78 is 10.8. The number of hydrogen-bond donors (Lipinski definition) is 0. The van der Waals surface area contributed by atoms with Gasteiger partial charge in [-0.25, -0.2) is 4.79 Å². The summed E-state index contributed by atoms with van der Waals surface area (Å²) >= 11 is 0. The molecule has 0 atom stereocenters. The van der Waals surface area contributed by atoms with Crippen LogP contribution in [0.2, 0.25) is 0 Å². The molecule has 7 heteroatoms. The number of amides is 3. The van der Waals surface area contributed by atoms with E-state index in [1.54, 1.807) is 19.1 Å². The van der Waals surface area contributed by atoms with Crippen molar-refractivity contribution in [3.8, 4) is 0 Å². The van der Waals surface area contributed by atoms with Crippen LogP contribution in [-0.2, 0) is 22.7 Å². The van der Waals surface area contributed by atoms with Crippen molar-refractivity contribution in [3.05, 3.63) is 23.7 Å². The van der Waals surface area contributed by atoms with E-state index in [9.17, 15) is 9.59 Å². The first-order valence-corrected chi connectivity index (χ1v) is 9.26. The van der Waals surface area contributed by atoms with Crippen LogP contribution in [0.4, 0.5) is 4.79 Å². The van der Waals surface area contributed by atoms with Gasteiger partial charge >= 0.3 is 6.03 Å². The van der Waals surface area contributed by atoms with Crippen LogP contribution in [0.1, 0.15) is 38.2 Å². The fourth-order valence-corrected chi connectivity index (χ4v) is 4.01. The zero-order valence-corrected chi connectivity index (χ0v) is 16.2. The van der Waals surface area contributed by atoms with Gasteiger partial charge in [0.05, 0.1) is 6.54 Å². The summed E-state index contributed by atoms with van der Waals surface area (Å²) in [4.78, 5) is 30.8. The van der Waals surface area contributed by atoms with Crippen molar-refractivity contribution >= 4 is 11.9 Å². The number of nitrogens with zero attached hydrogens (tertiary/aromatic N) is 3. The van der Waals surface area contributed by atoms with Crippen LogP contribution < -0.4 is 0 Å². The van der Waals surface area contributed by atoms with E-state index in [4.69, 9.17) is 9.15 Å². The molecule has 0 unspecified atom stereocenters. The standard InChI is InChI=1S/C19H29N3O4/c1-14(2)11-22-18(24)20(3)17(23)19(22)7-9-21(10-8-19)12-15-5-6-16(26-15)13-25-4/h5-6,14H,7-13H2,1-4H3. The molecule has 2 aliphatic heterocycles. The summed E-state index contributed by atoms with van der Waals surface area (Å²) in [5.41, 5.74) is -0.670. The van der Waals surface area contributed by atoms with E-state index in [-0.39, 0.29) is 11.9 Å². The Morgan fingerprint density at radius 3 is 2.46 bits per heavy atom. The number of piperidine rings is 1. The number of ether oxygens (including phenoxy) is 1. The van der Waals surface area contributed by atoms with Gasteiger partial charge in [0.25, 0.3) is 5.91 Å². The zero-order chi connectivity index (χ0) is 18.9. The maximum Gasteiger partial charge on any atom is 0.327 e. The first-order valence-electron chi connectivity index (χ1n) is 9.26. The molecule has 0 saturated carbocycles. The molecule has 0 radical (unpaired) electrons. The minimum atomic E-state index is -0.670. The number of urea groups is 1. The Bertz CT molecular complexity index is 661. The van der Waals surface area contributed by atoms with Gasteiger partial charge in [0.15, 0.2) is 0 Å². The van der Waals surface area contributed by atoms with Crippen molar-refractivity contribution in [1.82, 2.24) is 14.7 Å². The Balaban J connectivity index is 1.67. The van der Waals surface area contributed by atoms with Crippen LogP contribution in [0.5, 0.6) is 0 Å². The molecular weight excluding hydrogens is 334 g/mol. The van der Waals surface area contributed by atoms with Crippen LogP contribution in [-0.4, -0.2) is 66.0 Å². The summed E-state index contributed by atoms with van der Waals surface area (Å²) in [5.74, 6) is 1.99. The maximum absolute atomic E-state index is 12.8. The quantitative estimate of drug-likeness (QED) is 0.726. The maximum atomic E-state index is 12.8. The molecule has 3 heterocycles. The molecule has 26 heavy (non-hydrogen) atoms. The van der Waals surface area contributed by atoms with Gasteiger partial charge in [-0.2, -0.15) is 0 Å². The highest BCUT2D eigenvalue weighted by Crippen LogP contribution is 2.37. The smallest absolute Gasteiger partial charge is 0.327 e. The largest absolute Gasteiger partial charge is 0.462 e. The third kappa shape index (κ3) is 3.38. The summed E-state index contributed by atoms with van der Waals surface area (Å²) in [6.45, 7) is 7.48. The van der Waals surface area contributed by atoms with Crippen LogP contribution in [0, 0.1) is 5.92 Å². The normalized spacial score (nSPS) is 20.8. The lowest BCUT2D eigenvalue weighted by atomic mass is 9.85. The average molecular weight is 363 g/mol. The summed E-state index contributed by atoms with van der Waals surface area (Å²) in [7, 11) is 3.24. The summed E-state index contributed by atoms with van der Waals surface area (Å²) in [6.07, 6.45) is 1.33. The molecular formula is C19H29N3O4. The Morgan fingerprint density at radius 1 is 1.19 bits per heavy atom. The van der Waals surface area contributed by atoms with E-state index >= 15 is 0 Å². The van der Waals surface area contributed by atoms with Gasteiger partial charge in [0.1, 0.15) is 23.7 Å². The summed E-state index contributed by atoms with van der Waals surface area (Å²) in [6, 6.07) is 3.75. The van der Waals surface area contributed by atoms with E-state index < -0.39 is 5.54 Å². The van der Waals surface area contributed by atoms with Crippen molar-refractivity contribution in [2.45, 2.75) is 45.4 Å². The van der Waals surface area contributed by atoms with Crippen LogP contribution >= 0.6 is 0 Å². The number of methoxy groups -OCH3 is 1. The lowest BCUT2D eigenvalue weighted by Gasteiger charge is -2.42. The van der Waals surface area contributed by atoms with Crippen LogP contribution in [0.15, 0.2) is 16.5 Å². The topological polar surface area (TPSA) is 66.2 Å². The predicted molar refractivity (Wildman–Crippen MR) is 96.4 cm³/mol. The number of carbonyl (C=O) groups excluding carboxylic acids is 2. The highest BCUT2D eigenvalue weighted by atomic mass is 16.5. The Kier molecular flexibility index (Phi) is 5.39. The Morgan fingerprint density at radius 2 is 1.85 bits per heavy atom. The second-order valence-electron chi connectivity index (χ2n) is 7.76. The molecule has 0 bridgehead atoms. The average Bonchev–Trinajstić information content (AvgIpc) is 3.11. The molecule has 2 fully saturated rings. The van der Waals surface area contributed by atoms with Crippen molar-refractivity contribution < 1.29 is 18.7 Å². The van der Waals surface area contributed by atoms with E-state index in [0.717, 1.165) is 24.6 Å². The van der Waals surface area contributed by atoms with E-state index in [0.29, 0.717) is 38.5 Å². The molecule has 1 aromatic heterocycles. The lowest BCUT2D eigenvalue weighted by Crippen LogP contribution is -2.57. The van der Waals surface area contributed by atoms with Gasteiger partial charge in [0, 0.05) is 33.8 Å². The number of imide groups is 1. The molecule has 2 aliphatic rings. The molecule has 3 rings (SSSR count). The molecule has 1 spiro atoms. The lowest BCUT2D eigenvalue weighted by molar-refractivity contribution is -0.135. The molecule has 0 aliphatic carbocycles. The van der Waals surface area contributed by atoms with E-state index in [2.05, 4.69) is 18.7 Å². The zero-order valence-electron chi connectivity index (χ0n) is 16.2. The van der Waals surface area contributed by atoms with Gasteiger partial charge in [-0.3, -0.25) is 14.6 Å². The number of rotatable bonds is 6. The van der Waals surface area contributed by atoms with Crippen molar-refractivity contribution in [1.29, 1.82) is 0 Å². The van der Waals surface area contributed by atoms with E-state index in [1.807, 2.05) is 12.1 Å². The fourth-order valence-electron chi connectivity index (χ4n) is 4.01. The second kappa shape index (κ2) is 7.40. The molecule has 144 valence electrons. The minimum Gasteiger partial charge on any atom is -0.462 e. The third-order valence-corrected chi connectivity index (χ3v) is 5.35. The van der Waals surface area contributed by atoms with Gasteiger partial charge in [-0.15, -0.1) is 0 Å². The highest BCUT2D eigenvalue weighted by Gasteiger charge is 2.56. The summed E-state index contributed by atoms with van der Waals surface area (Å²) in [5, 5.41) is 0. The molecule has 3 amide bonds. The monoisotopic (exact) mass is 363 g/mol. The highest BCUT2D eigenvalue weighted by molar-refractivity contribution is 6.06. The minimum absolute atomic E-state index is 0.0526. The SMILES string of the molecule is COCc1ccc(CN2CCC3(CC2)C(=O)N(C)C(=O)N3CC(C)C)o1. The van der Waals surface area contributed by atoms with Crippen molar-refractivity contribution in [2.24, 2.45) is 5.92 Å². The number of carbonyl (C=O) groups is 2. The third-order valence-electron chi connectivity index (χ3n) is 5.35. The molecule has 2 saturated heterocycles. The first-order chi connectivity index (χ1) is 12.4. The van der Waals surface area contributed by atoms with Crippen LogP contribution in [0.25, 0.3) is 0 Å². The van der Waals surface area contributed by atoms with Crippen molar-refractivity contribution in [3.63, 3.8) is 0 Å². The molecule has 0 N–H and O–H groups in total.